The standard InChI is InChI=1S/C23H26F2N2O2/c1-15(16-2-6-18(24)7-3-16)27-13-11-22(23(27)29)26-12-10-20(21(25)14-26)17-4-8-19(28)9-5-17/h2-9,15,20-22,28H,10-14H2,1H3/t15?,20-,21+,22+/m1/s1. The molecule has 4 atom stereocenters. The first kappa shape index (κ1) is 19.8. The highest BCUT2D eigenvalue weighted by Gasteiger charge is 2.42. The summed E-state index contributed by atoms with van der Waals surface area (Å²) in [5, 5.41) is 9.44. The molecular weight excluding hydrogens is 374 g/mol. The number of rotatable bonds is 4. The Labute approximate surface area is 169 Å². The molecule has 0 spiro atoms. The lowest BCUT2D eigenvalue weighted by Crippen LogP contribution is -2.49. The maximum atomic E-state index is 15.0. The summed E-state index contributed by atoms with van der Waals surface area (Å²) in [6, 6.07) is 12.5. The Bertz CT molecular complexity index is 856. The van der Waals surface area contributed by atoms with Gasteiger partial charge in [-0.2, -0.15) is 0 Å². The summed E-state index contributed by atoms with van der Waals surface area (Å²) in [7, 11) is 0. The molecule has 2 aliphatic heterocycles. The summed E-state index contributed by atoms with van der Waals surface area (Å²) in [5.41, 5.74) is 1.79. The third-order valence-electron chi connectivity index (χ3n) is 6.37. The number of alkyl halides is 1. The largest absolute Gasteiger partial charge is 0.508 e. The van der Waals surface area contributed by atoms with Gasteiger partial charge in [-0.1, -0.05) is 24.3 Å². The fourth-order valence-corrected chi connectivity index (χ4v) is 4.64. The number of hydrogen-bond acceptors (Lipinski definition) is 3. The number of amides is 1. The number of carbonyl (C=O) groups is 1. The van der Waals surface area contributed by atoms with Crippen molar-refractivity contribution < 1.29 is 18.7 Å². The third-order valence-corrected chi connectivity index (χ3v) is 6.37. The van der Waals surface area contributed by atoms with Crippen molar-refractivity contribution >= 4 is 5.91 Å². The summed E-state index contributed by atoms with van der Waals surface area (Å²) in [4.78, 5) is 16.8. The molecule has 154 valence electrons. The Balaban J connectivity index is 1.40. The zero-order chi connectivity index (χ0) is 20.5. The van der Waals surface area contributed by atoms with E-state index in [-0.39, 0.29) is 42.0 Å². The van der Waals surface area contributed by atoms with E-state index in [1.54, 1.807) is 36.4 Å². The van der Waals surface area contributed by atoms with Crippen LogP contribution in [0.1, 0.15) is 42.9 Å². The van der Waals surface area contributed by atoms with Crippen LogP contribution in [0.25, 0.3) is 0 Å². The fraction of sp³-hybridized carbons (Fsp3) is 0.435. The number of likely N-dealkylation sites (tertiary alicyclic amines) is 2. The van der Waals surface area contributed by atoms with Crippen molar-refractivity contribution in [3.05, 3.63) is 65.5 Å². The molecule has 4 nitrogen and oxygen atoms in total. The quantitative estimate of drug-likeness (QED) is 0.843. The number of piperidine rings is 1. The van der Waals surface area contributed by atoms with Gasteiger partial charge in [0, 0.05) is 19.0 Å². The van der Waals surface area contributed by atoms with Crippen LogP contribution < -0.4 is 0 Å². The molecule has 1 N–H and O–H groups in total. The molecule has 0 bridgehead atoms. The van der Waals surface area contributed by atoms with Crippen molar-refractivity contribution in [1.82, 2.24) is 9.80 Å². The van der Waals surface area contributed by atoms with Crippen LogP contribution in [0, 0.1) is 5.82 Å². The van der Waals surface area contributed by atoms with Crippen LogP contribution in [-0.2, 0) is 4.79 Å². The average Bonchev–Trinajstić information content (AvgIpc) is 3.10. The van der Waals surface area contributed by atoms with Crippen LogP contribution >= 0.6 is 0 Å². The molecule has 2 heterocycles. The van der Waals surface area contributed by atoms with Crippen molar-refractivity contribution in [2.45, 2.75) is 43.9 Å². The molecule has 1 amide bonds. The van der Waals surface area contributed by atoms with Crippen molar-refractivity contribution in [2.24, 2.45) is 0 Å². The zero-order valence-electron chi connectivity index (χ0n) is 16.5. The Morgan fingerprint density at radius 2 is 1.72 bits per heavy atom. The Kier molecular flexibility index (Phi) is 5.54. The number of aromatic hydroxyl groups is 1. The van der Waals surface area contributed by atoms with E-state index in [9.17, 15) is 18.7 Å². The Morgan fingerprint density at radius 3 is 2.38 bits per heavy atom. The minimum Gasteiger partial charge on any atom is -0.508 e. The van der Waals surface area contributed by atoms with E-state index in [1.165, 1.54) is 12.1 Å². The molecule has 4 rings (SSSR count). The number of nitrogens with zero attached hydrogens (tertiary/aromatic N) is 2. The SMILES string of the molecule is CC(c1ccc(F)cc1)N1CC[C@H](N2CC[C@H](c3ccc(O)cc3)[C@@H](F)C2)C1=O. The van der Waals surface area contributed by atoms with Crippen LogP contribution in [0.5, 0.6) is 5.75 Å². The maximum absolute atomic E-state index is 15.0. The van der Waals surface area contributed by atoms with Crippen LogP contribution in [0.3, 0.4) is 0 Å². The summed E-state index contributed by atoms with van der Waals surface area (Å²) >= 11 is 0. The lowest BCUT2D eigenvalue weighted by Gasteiger charge is -2.38. The number of benzene rings is 2. The number of phenols is 1. The summed E-state index contributed by atoms with van der Waals surface area (Å²) in [6.07, 6.45) is 0.272. The maximum Gasteiger partial charge on any atom is 0.240 e. The molecule has 0 radical (unpaired) electrons. The molecule has 2 aromatic rings. The minimum absolute atomic E-state index is 0.0251. The van der Waals surface area contributed by atoms with Gasteiger partial charge >= 0.3 is 0 Å². The van der Waals surface area contributed by atoms with E-state index in [0.29, 0.717) is 25.9 Å². The van der Waals surface area contributed by atoms with Gasteiger partial charge in [0.05, 0.1) is 12.1 Å². The van der Waals surface area contributed by atoms with Crippen molar-refractivity contribution in [3.63, 3.8) is 0 Å². The van der Waals surface area contributed by atoms with Gasteiger partial charge in [0.15, 0.2) is 0 Å². The Morgan fingerprint density at radius 1 is 1.03 bits per heavy atom. The Hall–Kier alpha value is -2.47. The van der Waals surface area contributed by atoms with Crippen LogP contribution in [0.4, 0.5) is 8.78 Å². The van der Waals surface area contributed by atoms with Gasteiger partial charge in [-0.15, -0.1) is 0 Å². The second-order valence-electron chi connectivity index (χ2n) is 8.06. The van der Waals surface area contributed by atoms with Gasteiger partial charge in [-0.05, 0) is 61.7 Å². The van der Waals surface area contributed by atoms with Crippen molar-refractivity contribution in [2.75, 3.05) is 19.6 Å². The van der Waals surface area contributed by atoms with E-state index < -0.39 is 6.17 Å². The molecule has 2 fully saturated rings. The summed E-state index contributed by atoms with van der Waals surface area (Å²) in [5.74, 6) is -0.305. The van der Waals surface area contributed by atoms with E-state index >= 15 is 0 Å². The molecule has 0 aliphatic carbocycles. The monoisotopic (exact) mass is 400 g/mol. The number of hydrogen-bond donors (Lipinski definition) is 1. The van der Waals surface area contributed by atoms with Gasteiger partial charge in [-0.3, -0.25) is 9.69 Å². The lowest BCUT2D eigenvalue weighted by atomic mass is 9.87. The fourth-order valence-electron chi connectivity index (χ4n) is 4.64. The van der Waals surface area contributed by atoms with Gasteiger partial charge in [0.2, 0.25) is 5.91 Å². The van der Waals surface area contributed by atoms with Crippen LogP contribution in [0.2, 0.25) is 0 Å². The van der Waals surface area contributed by atoms with Gasteiger partial charge in [-0.25, -0.2) is 8.78 Å². The molecule has 2 saturated heterocycles. The molecule has 2 aliphatic rings. The van der Waals surface area contributed by atoms with E-state index in [2.05, 4.69) is 0 Å². The molecule has 6 heteroatoms. The first-order chi connectivity index (χ1) is 13.9. The number of phenolic OH excluding ortho intramolecular Hbond substituents is 1. The van der Waals surface area contributed by atoms with E-state index in [0.717, 1.165) is 11.1 Å². The van der Waals surface area contributed by atoms with Crippen LogP contribution in [-0.4, -0.2) is 52.7 Å². The number of carbonyl (C=O) groups excluding carboxylic acids is 1. The molecule has 29 heavy (non-hydrogen) atoms. The molecular formula is C23H26F2N2O2. The highest BCUT2D eigenvalue weighted by Crippen LogP contribution is 2.35. The zero-order valence-corrected chi connectivity index (χ0v) is 16.5. The van der Waals surface area contributed by atoms with Crippen molar-refractivity contribution in [3.8, 4) is 5.75 Å². The lowest BCUT2D eigenvalue weighted by molar-refractivity contribution is -0.134. The number of halogens is 2. The topological polar surface area (TPSA) is 43.8 Å². The molecule has 1 unspecified atom stereocenters. The minimum atomic E-state index is -1.05. The smallest absolute Gasteiger partial charge is 0.240 e. The summed E-state index contributed by atoms with van der Waals surface area (Å²) < 4.78 is 28.1. The first-order valence-electron chi connectivity index (χ1n) is 10.2. The van der Waals surface area contributed by atoms with Gasteiger partial charge in [0.1, 0.15) is 17.7 Å². The van der Waals surface area contributed by atoms with Gasteiger partial charge in [0.25, 0.3) is 0 Å². The molecule has 2 aromatic carbocycles. The highest BCUT2D eigenvalue weighted by atomic mass is 19.1. The molecule has 0 aromatic heterocycles. The van der Waals surface area contributed by atoms with E-state index in [4.69, 9.17) is 0 Å². The highest BCUT2D eigenvalue weighted by molar-refractivity contribution is 5.84. The normalized spacial score (nSPS) is 26.7. The van der Waals surface area contributed by atoms with Gasteiger partial charge < -0.3 is 10.0 Å². The predicted octanol–water partition coefficient (Wildman–Crippen LogP) is 4.02. The second kappa shape index (κ2) is 8.11. The average molecular weight is 400 g/mol. The predicted molar refractivity (Wildman–Crippen MR) is 107 cm³/mol. The molecule has 0 saturated carbocycles. The van der Waals surface area contributed by atoms with Crippen molar-refractivity contribution in [1.29, 1.82) is 0 Å². The van der Waals surface area contributed by atoms with Crippen LogP contribution in [0.15, 0.2) is 48.5 Å². The second-order valence-corrected chi connectivity index (χ2v) is 8.06. The third kappa shape index (κ3) is 3.99. The first-order valence-corrected chi connectivity index (χ1v) is 10.2. The summed E-state index contributed by atoms with van der Waals surface area (Å²) in [6.45, 7) is 3.47. The van der Waals surface area contributed by atoms with E-state index in [1.807, 2.05) is 16.7 Å².